The molecule has 0 amide bonds. The number of halogens is 3. The monoisotopic (exact) mass is 312 g/mol. The van der Waals surface area contributed by atoms with Crippen molar-refractivity contribution >= 4 is 33.0 Å². The van der Waals surface area contributed by atoms with E-state index in [1.54, 1.807) is 6.07 Å². The van der Waals surface area contributed by atoms with Gasteiger partial charge in [-0.15, -0.1) is 0 Å². The lowest BCUT2D eigenvalue weighted by Crippen LogP contribution is -2.01. The summed E-state index contributed by atoms with van der Waals surface area (Å²) in [5.74, 6) is -1.45. The van der Waals surface area contributed by atoms with E-state index in [4.69, 9.17) is 5.73 Å². The lowest BCUT2D eigenvalue weighted by atomic mass is 10.2. The van der Waals surface area contributed by atoms with Gasteiger partial charge in [0, 0.05) is 10.5 Å². The molecular weight excluding hydrogens is 302 g/mol. The first-order chi connectivity index (χ1) is 8.49. The maximum Gasteiger partial charge on any atom is 0.151 e. The van der Waals surface area contributed by atoms with E-state index in [1.807, 2.05) is 19.1 Å². The van der Waals surface area contributed by atoms with Crippen molar-refractivity contribution < 1.29 is 8.78 Å². The van der Waals surface area contributed by atoms with Gasteiger partial charge in [0.1, 0.15) is 5.82 Å². The van der Waals surface area contributed by atoms with E-state index in [-0.39, 0.29) is 11.4 Å². The number of nitrogens with two attached hydrogens (primary N) is 1. The van der Waals surface area contributed by atoms with Crippen LogP contribution < -0.4 is 11.1 Å². The van der Waals surface area contributed by atoms with E-state index in [0.717, 1.165) is 22.2 Å². The smallest absolute Gasteiger partial charge is 0.151 e. The number of anilines is 3. The fourth-order valence-corrected chi connectivity index (χ4v) is 1.94. The van der Waals surface area contributed by atoms with Crippen molar-refractivity contribution in [3.05, 3.63) is 52.0 Å². The quantitative estimate of drug-likeness (QED) is 0.808. The van der Waals surface area contributed by atoms with Gasteiger partial charge in [-0.3, -0.25) is 0 Å². The fourth-order valence-electron chi connectivity index (χ4n) is 1.58. The van der Waals surface area contributed by atoms with E-state index in [1.165, 1.54) is 0 Å². The Hall–Kier alpha value is -1.62. The molecule has 0 fully saturated rings. The van der Waals surface area contributed by atoms with Gasteiger partial charge < -0.3 is 11.1 Å². The highest BCUT2D eigenvalue weighted by atomic mass is 79.9. The minimum Gasteiger partial charge on any atom is -0.395 e. The zero-order chi connectivity index (χ0) is 13.3. The molecular formula is C13H11BrF2N2. The summed E-state index contributed by atoms with van der Waals surface area (Å²) in [5, 5.41) is 2.91. The van der Waals surface area contributed by atoms with E-state index >= 15 is 0 Å². The van der Waals surface area contributed by atoms with E-state index < -0.39 is 11.6 Å². The van der Waals surface area contributed by atoms with Crippen LogP contribution in [0, 0.1) is 18.6 Å². The standard InChI is InChI=1S/C13H11BrF2N2/c1-7-3-2-4-10(12(7)14)18-11-6-8(15)5-9(16)13(11)17/h2-6,18H,17H2,1H3. The van der Waals surface area contributed by atoms with Crippen LogP contribution in [0.2, 0.25) is 0 Å². The van der Waals surface area contributed by atoms with Crippen LogP contribution in [0.4, 0.5) is 25.8 Å². The van der Waals surface area contributed by atoms with Gasteiger partial charge in [0.2, 0.25) is 0 Å². The molecule has 0 saturated carbocycles. The zero-order valence-electron chi connectivity index (χ0n) is 9.60. The summed E-state index contributed by atoms with van der Waals surface area (Å²) in [6, 6.07) is 7.47. The first-order valence-corrected chi connectivity index (χ1v) is 6.05. The predicted octanol–water partition coefficient (Wildman–Crippen LogP) is 4.36. The first-order valence-electron chi connectivity index (χ1n) is 5.25. The first kappa shape index (κ1) is 12.8. The molecule has 0 bridgehead atoms. The van der Waals surface area contributed by atoms with Crippen molar-refractivity contribution in [2.45, 2.75) is 6.92 Å². The summed E-state index contributed by atoms with van der Waals surface area (Å²) in [4.78, 5) is 0. The number of rotatable bonds is 2. The molecule has 0 saturated heterocycles. The molecule has 2 aromatic carbocycles. The van der Waals surface area contributed by atoms with Gasteiger partial charge in [-0.05, 0) is 40.5 Å². The van der Waals surface area contributed by atoms with E-state index in [0.29, 0.717) is 5.69 Å². The number of nitrogens with one attached hydrogen (secondary N) is 1. The number of benzene rings is 2. The van der Waals surface area contributed by atoms with Crippen molar-refractivity contribution in [3.8, 4) is 0 Å². The Morgan fingerprint density at radius 3 is 2.61 bits per heavy atom. The predicted molar refractivity (Wildman–Crippen MR) is 72.9 cm³/mol. The van der Waals surface area contributed by atoms with Gasteiger partial charge >= 0.3 is 0 Å². The topological polar surface area (TPSA) is 38.0 Å². The van der Waals surface area contributed by atoms with Crippen LogP contribution in [0.25, 0.3) is 0 Å². The molecule has 3 N–H and O–H groups in total. The summed E-state index contributed by atoms with van der Waals surface area (Å²) in [5.41, 5.74) is 7.38. The molecule has 5 heteroatoms. The highest BCUT2D eigenvalue weighted by Gasteiger charge is 2.10. The molecule has 0 spiro atoms. The van der Waals surface area contributed by atoms with Crippen LogP contribution in [0.5, 0.6) is 0 Å². The minimum absolute atomic E-state index is 0.107. The Balaban J connectivity index is 2.43. The maximum absolute atomic E-state index is 13.3. The molecule has 2 rings (SSSR count). The molecule has 0 aliphatic carbocycles. The van der Waals surface area contributed by atoms with Crippen molar-refractivity contribution in [2.24, 2.45) is 0 Å². The molecule has 0 unspecified atom stereocenters. The van der Waals surface area contributed by atoms with Crippen molar-refractivity contribution in [2.75, 3.05) is 11.1 Å². The average molecular weight is 313 g/mol. The lowest BCUT2D eigenvalue weighted by molar-refractivity contribution is 0.587. The molecule has 0 aromatic heterocycles. The second kappa shape index (κ2) is 4.94. The van der Waals surface area contributed by atoms with Crippen LogP contribution in [0.15, 0.2) is 34.8 Å². The number of nitrogen functional groups attached to an aromatic ring is 1. The largest absolute Gasteiger partial charge is 0.395 e. The highest BCUT2D eigenvalue weighted by Crippen LogP contribution is 2.32. The van der Waals surface area contributed by atoms with Crippen LogP contribution in [0.3, 0.4) is 0 Å². The minimum atomic E-state index is -0.777. The van der Waals surface area contributed by atoms with Gasteiger partial charge in [-0.1, -0.05) is 12.1 Å². The molecule has 2 nitrogen and oxygen atoms in total. The lowest BCUT2D eigenvalue weighted by Gasteiger charge is -2.12. The number of hydrogen-bond acceptors (Lipinski definition) is 2. The molecule has 0 radical (unpaired) electrons. The molecule has 2 aromatic rings. The SMILES string of the molecule is Cc1cccc(Nc2cc(F)cc(F)c2N)c1Br. The maximum atomic E-state index is 13.3. The summed E-state index contributed by atoms with van der Waals surface area (Å²) in [6.07, 6.45) is 0. The molecule has 0 aliphatic heterocycles. The second-order valence-corrected chi connectivity index (χ2v) is 4.70. The molecule has 0 atom stereocenters. The van der Waals surface area contributed by atoms with Crippen molar-refractivity contribution in [3.63, 3.8) is 0 Å². The second-order valence-electron chi connectivity index (χ2n) is 3.91. The summed E-state index contributed by atoms with van der Waals surface area (Å²) in [6.45, 7) is 1.92. The van der Waals surface area contributed by atoms with E-state index in [2.05, 4.69) is 21.2 Å². The zero-order valence-corrected chi connectivity index (χ0v) is 11.2. The Morgan fingerprint density at radius 1 is 1.17 bits per heavy atom. The van der Waals surface area contributed by atoms with Crippen LogP contribution in [-0.2, 0) is 0 Å². The van der Waals surface area contributed by atoms with Crippen LogP contribution in [-0.4, -0.2) is 0 Å². The summed E-state index contributed by atoms with van der Waals surface area (Å²) in [7, 11) is 0. The molecule has 0 heterocycles. The van der Waals surface area contributed by atoms with Crippen molar-refractivity contribution in [1.82, 2.24) is 0 Å². The Bertz CT molecular complexity index is 600. The van der Waals surface area contributed by atoms with Gasteiger partial charge in [0.05, 0.1) is 17.1 Å². The van der Waals surface area contributed by atoms with Gasteiger partial charge in [0.15, 0.2) is 5.82 Å². The third kappa shape index (κ3) is 2.46. The molecule has 94 valence electrons. The third-order valence-corrected chi connectivity index (χ3v) is 3.61. The van der Waals surface area contributed by atoms with Crippen LogP contribution in [0.1, 0.15) is 5.56 Å². The van der Waals surface area contributed by atoms with Gasteiger partial charge in [0.25, 0.3) is 0 Å². The number of hydrogen-bond donors (Lipinski definition) is 2. The number of aryl methyl sites for hydroxylation is 1. The normalized spacial score (nSPS) is 10.4. The average Bonchev–Trinajstić information content (AvgIpc) is 2.31. The molecule has 18 heavy (non-hydrogen) atoms. The third-order valence-electron chi connectivity index (χ3n) is 2.56. The Kier molecular flexibility index (Phi) is 3.52. The van der Waals surface area contributed by atoms with Crippen molar-refractivity contribution in [1.29, 1.82) is 0 Å². The Morgan fingerprint density at radius 2 is 1.89 bits per heavy atom. The van der Waals surface area contributed by atoms with Gasteiger partial charge in [-0.2, -0.15) is 0 Å². The van der Waals surface area contributed by atoms with Gasteiger partial charge in [-0.25, -0.2) is 8.78 Å². The summed E-state index contributed by atoms with van der Waals surface area (Å²) >= 11 is 3.41. The van der Waals surface area contributed by atoms with Crippen LogP contribution >= 0.6 is 15.9 Å². The molecule has 0 aliphatic rings. The highest BCUT2D eigenvalue weighted by molar-refractivity contribution is 9.10. The van der Waals surface area contributed by atoms with E-state index in [9.17, 15) is 8.78 Å². The fraction of sp³-hybridized carbons (Fsp3) is 0.0769. The summed E-state index contributed by atoms with van der Waals surface area (Å²) < 4.78 is 27.3. The Labute approximate surface area is 112 Å².